The Morgan fingerprint density at radius 1 is 0.750 bits per heavy atom. The lowest BCUT2D eigenvalue weighted by molar-refractivity contribution is 0.183. The molecular weight excluding hydrogens is 348 g/mol. The van der Waals surface area contributed by atoms with Crippen LogP contribution in [0.4, 0.5) is 0 Å². The molecule has 28 heavy (non-hydrogen) atoms. The number of para-hydroxylation sites is 1. The van der Waals surface area contributed by atoms with Crippen molar-refractivity contribution in [3.05, 3.63) is 108 Å². The van der Waals surface area contributed by atoms with E-state index in [1.165, 1.54) is 10.9 Å². The maximum absolute atomic E-state index is 9.19. The lowest BCUT2D eigenvalue weighted by Gasteiger charge is -2.06. The molecule has 4 nitrogen and oxygen atoms in total. The Labute approximate surface area is 166 Å². The summed E-state index contributed by atoms with van der Waals surface area (Å²) in [5, 5.41) is 19.0. The maximum atomic E-state index is 9.19. The summed E-state index contributed by atoms with van der Waals surface area (Å²) in [7, 11) is 0. The van der Waals surface area contributed by atoms with Crippen molar-refractivity contribution in [3.8, 4) is 0 Å². The zero-order chi connectivity index (χ0) is 20.0. The van der Waals surface area contributed by atoms with Crippen molar-refractivity contribution >= 4 is 10.9 Å². The maximum Gasteiger partial charge on any atom is 0.0702 e. The fraction of sp³-hybridized carbons (Fsp3) is 0.167. The van der Waals surface area contributed by atoms with Crippen molar-refractivity contribution in [1.29, 1.82) is 0 Å². The highest BCUT2D eigenvalue weighted by atomic mass is 16.3. The minimum Gasteiger partial charge on any atom is -0.392 e. The van der Waals surface area contributed by atoms with Crippen LogP contribution < -0.4 is 5.73 Å². The first kappa shape index (κ1) is 21.4. The number of rotatable bonds is 4. The van der Waals surface area contributed by atoms with Gasteiger partial charge in [0.05, 0.1) is 12.7 Å². The van der Waals surface area contributed by atoms with Crippen molar-refractivity contribution in [2.45, 2.75) is 19.1 Å². The Morgan fingerprint density at radius 2 is 1.32 bits per heavy atom. The van der Waals surface area contributed by atoms with Crippen LogP contribution in [0.2, 0.25) is 0 Å². The Hall–Kier alpha value is -2.92. The smallest absolute Gasteiger partial charge is 0.0702 e. The first-order valence-corrected chi connectivity index (χ1v) is 9.32. The van der Waals surface area contributed by atoms with E-state index in [1.807, 2.05) is 79.0 Å². The van der Waals surface area contributed by atoms with Crippen molar-refractivity contribution in [2.75, 3.05) is 6.54 Å². The van der Waals surface area contributed by atoms with Crippen molar-refractivity contribution in [1.82, 2.24) is 4.98 Å². The molecule has 0 bridgehead atoms. The number of H-pyrrole nitrogens is 1. The van der Waals surface area contributed by atoms with Crippen LogP contribution in [0.5, 0.6) is 0 Å². The summed E-state index contributed by atoms with van der Waals surface area (Å²) in [6.45, 7) is 0.468. The average Bonchev–Trinajstić information content (AvgIpc) is 3.25. The average molecular weight is 377 g/mol. The fourth-order valence-corrected chi connectivity index (χ4v) is 2.55. The molecule has 1 heterocycles. The summed E-state index contributed by atoms with van der Waals surface area (Å²) in [6, 6.07) is 29.6. The van der Waals surface area contributed by atoms with E-state index < -0.39 is 6.10 Å². The molecule has 3 aromatic carbocycles. The second-order valence-corrected chi connectivity index (χ2v) is 6.29. The molecule has 146 valence electrons. The molecule has 0 saturated carbocycles. The highest BCUT2D eigenvalue weighted by molar-refractivity contribution is 5.78. The fourth-order valence-electron chi connectivity index (χ4n) is 2.55. The molecule has 4 aromatic rings. The molecule has 1 unspecified atom stereocenters. The van der Waals surface area contributed by atoms with Crippen molar-refractivity contribution < 1.29 is 10.2 Å². The zero-order valence-electron chi connectivity index (χ0n) is 15.9. The van der Waals surface area contributed by atoms with Gasteiger partial charge in [-0.2, -0.15) is 0 Å². The molecule has 0 saturated heterocycles. The van der Waals surface area contributed by atoms with Gasteiger partial charge in [-0.1, -0.05) is 78.9 Å². The zero-order valence-corrected chi connectivity index (χ0v) is 15.9. The van der Waals surface area contributed by atoms with Gasteiger partial charge in [0.25, 0.3) is 0 Å². The van der Waals surface area contributed by atoms with E-state index in [9.17, 15) is 5.11 Å². The van der Waals surface area contributed by atoms with E-state index in [2.05, 4.69) is 23.2 Å². The number of fused-ring (bicyclic) bond motifs is 1. The number of hydrogen-bond acceptors (Lipinski definition) is 3. The normalized spacial score (nSPS) is 11.0. The number of benzene rings is 3. The topological polar surface area (TPSA) is 82.3 Å². The largest absolute Gasteiger partial charge is 0.392 e. The van der Waals surface area contributed by atoms with Gasteiger partial charge in [0.15, 0.2) is 0 Å². The van der Waals surface area contributed by atoms with E-state index in [1.54, 1.807) is 0 Å². The first-order valence-electron chi connectivity index (χ1n) is 9.32. The van der Waals surface area contributed by atoms with Gasteiger partial charge in [-0.25, -0.2) is 0 Å². The Balaban J connectivity index is 0.000000152. The van der Waals surface area contributed by atoms with Crippen molar-refractivity contribution in [3.63, 3.8) is 0 Å². The second-order valence-electron chi connectivity index (χ2n) is 6.29. The molecule has 5 N–H and O–H groups in total. The molecule has 0 aliphatic heterocycles. The van der Waals surface area contributed by atoms with Gasteiger partial charge in [-0.15, -0.1) is 0 Å². The molecule has 0 aliphatic carbocycles. The van der Waals surface area contributed by atoms with E-state index >= 15 is 0 Å². The first-order chi connectivity index (χ1) is 13.7. The molecule has 0 spiro atoms. The molecule has 0 radical (unpaired) electrons. The monoisotopic (exact) mass is 376 g/mol. The molecule has 4 heteroatoms. The third-order valence-corrected chi connectivity index (χ3v) is 4.07. The standard InChI is InChI=1S/C9H13NO.C8H7N.C7H8O/c10-7-9(11)6-8-4-2-1-3-5-8;1-2-4-8-7(3-1)5-6-9-8;8-6-7-4-2-1-3-5-7/h1-5,9,11H,6-7,10H2;1-6,9H;1-5,8H,6H2. The van der Waals surface area contributed by atoms with Crippen LogP contribution in [0, 0.1) is 0 Å². The minimum absolute atomic E-state index is 0.140. The summed E-state index contributed by atoms with van der Waals surface area (Å²) in [5.74, 6) is 0. The number of aromatic amines is 1. The van der Waals surface area contributed by atoms with Gasteiger partial charge in [0, 0.05) is 18.3 Å². The number of aliphatic hydroxyl groups is 2. The number of hydrogen-bond donors (Lipinski definition) is 4. The van der Waals surface area contributed by atoms with Crippen molar-refractivity contribution in [2.24, 2.45) is 5.73 Å². The third-order valence-electron chi connectivity index (χ3n) is 4.07. The molecule has 0 amide bonds. The quantitative estimate of drug-likeness (QED) is 0.436. The van der Waals surface area contributed by atoms with Gasteiger partial charge >= 0.3 is 0 Å². The van der Waals surface area contributed by atoms with Crippen LogP contribution >= 0.6 is 0 Å². The van der Waals surface area contributed by atoms with Crippen LogP contribution in [0.3, 0.4) is 0 Å². The number of aliphatic hydroxyl groups excluding tert-OH is 2. The van der Waals surface area contributed by atoms with Gasteiger partial charge in [0.2, 0.25) is 0 Å². The molecule has 1 aromatic heterocycles. The summed E-state index contributed by atoms with van der Waals surface area (Å²) >= 11 is 0. The van der Waals surface area contributed by atoms with Gasteiger partial charge in [-0.05, 0) is 35.1 Å². The summed E-state index contributed by atoms with van der Waals surface area (Å²) in [4.78, 5) is 3.12. The van der Waals surface area contributed by atoms with E-state index in [0.717, 1.165) is 11.1 Å². The predicted octanol–water partition coefficient (Wildman–Crippen LogP) is 3.90. The van der Waals surface area contributed by atoms with Gasteiger partial charge < -0.3 is 20.9 Å². The Kier molecular flexibility index (Phi) is 9.52. The lowest BCUT2D eigenvalue weighted by atomic mass is 10.1. The van der Waals surface area contributed by atoms with Crippen LogP contribution in [0.15, 0.2) is 97.2 Å². The van der Waals surface area contributed by atoms with E-state index in [-0.39, 0.29) is 6.61 Å². The predicted molar refractivity (Wildman–Crippen MR) is 116 cm³/mol. The Morgan fingerprint density at radius 3 is 1.86 bits per heavy atom. The lowest BCUT2D eigenvalue weighted by Crippen LogP contribution is -2.21. The van der Waals surface area contributed by atoms with Gasteiger partial charge in [0.1, 0.15) is 0 Å². The van der Waals surface area contributed by atoms with Crippen LogP contribution in [0.1, 0.15) is 11.1 Å². The van der Waals surface area contributed by atoms with Crippen LogP contribution in [-0.2, 0) is 13.0 Å². The van der Waals surface area contributed by atoms with E-state index in [0.29, 0.717) is 13.0 Å². The highest BCUT2D eigenvalue weighted by Crippen LogP contribution is 2.09. The summed E-state index contributed by atoms with van der Waals surface area (Å²) < 4.78 is 0. The minimum atomic E-state index is -0.405. The van der Waals surface area contributed by atoms with Crippen LogP contribution in [0.25, 0.3) is 10.9 Å². The third kappa shape index (κ3) is 7.76. The number of aromatic nitrogens is 1. The molecule has 1 atom stereocenters. The second kappa shape index (κ2) is 12.5. The SMILES string of the molecule is NCC(O)Cc1ccccc1.OCc1ccccc1.c1ccc2[nH]ccc2c1. The van der Waals surface area contributed by atoms with E-state index in [4.69, 9.17) is 10.8 Å². The Bertz CT molecular complexity index is 862. The van der Waals surface area contributed by atoms with Crippen LogP contribution in [-0.4, -0.2) is 27.8 Å². The highest BCUT2D eigenvalue weighted by Gasteiger charge is 2.00. The number of nitrogens with two attached hydrogens (primary N) is 1. The molecule has 0 fully saturated rings. The van der Waals surface area contributed by atoms with Gasteiger partial charge in [-0.3, -0.25) is 0 Å². The molecule has 0 aliphatic rings. The molecule has 4 rings (SSSR count). The summed E-state index contributed by atoms with van der Waals surface area (Å²) in [6.07, 6.45) is 2.19. The molecular formula is C24H28N2O2. The summed E-state index contributed by atoms with van der Waals surface area (Å²) in [5.41, 5.74) is 8.57. The number of nitrogens with one attached hydrogen (secondary N) is 1.